The third-order valence-electron chi connectivity index (χ3n) is 5.73. The molecule has 3 aromatic rings. The molecule has 1 unspecified atom stereocenters. The van der Waals surface area contributed by atoms with E-state index in [0.717, 1.165) is 4.90 Å². The summed E-state index contributed by atoms with van der Waals surface area (Å²) in [5, 5.41) is 0.471. The van der Waals surface area contributed by atoms with Crippen LogP contribution < -0.4 is 14.4 Å². The van der Waals surface area contributed by atoms with Crippen molar-refractivity contribution in [3.8, 4) is 11.5 Å². The van der Waals surface area contributed by atoms with Gasteiger partial charge in [-0.1, -0.05) is 29.8 Å². The van der Waals surface area contributed by atoms with Gasteiger partial charge < -0.3 is 14.4 Å². The maximum atomic E-state index is 13.6. The van der Waals surface area contributed by atoms with Crippen molar-refractivity contribution >= 4 is 35.0 Å². The average Bonchev–Trinajstić information content (AvgIpc) is 3.16. The van der Waals surface area contributed by atoms with Crippen LogP contribution >= 0.6 is 11.6 Å². The molecular weight excluding hydrogens is 456 g/mol. The van der Waals surface area contributed by atoms with Crippen molar-refractivity contribution in [2.45, 2.75) is 19.0 Å². The Morgan fingerprint density at radius 1 is 0.941 bits per heavy atom. The molecule has 8 heteroatoms. The van der Waals surface area contributed by atoms with Crippen LogP contribution in [0.4, 0.5) is 5.69 Å². The zero-order valence-electron chi connectivity index (χ0n) is 18.7. The van der Waals surface area contributed by atoms with Gasteiger partial charge in [-0.2, -0.15) is 0 Å². The summed E-state index contributed by atoms with van der Waals surface area (Å²) in [6, 6.07) is 19.4. The molecule has 0 bridgehead atoms. The van der Waals surface area contributed by atoms with Gasteiger partial charge in [0.15, 0.2) is 0 Å². The summed E-state index contributed by atoms with van der Waals surface area (Å²) in [6.45, 7) is 0.0741. The Bertz CT molecular complexity index is 1210. The molecule has 3 aromatic carbocycles. The fourth-order valence-electron chi connectivity index (χ4n) is 3.90. The van der Waals surface area contributed by atoms with E-state index in [2.05, 4.69) is 0 Å². The van der Waals surface area contributed by atoms with E-state index >= 15 is 0 Å². The average molecular weight is 479 g/mol. The van der Waals surface area contributed by atoms with Crippen molar-refractivity contribution < 1.29 is 23.9 Å². The molecule has 1 aliphatic rings. The fraction of sp³-hybridized carbons (Fsp3) is 0.192. The lowest BCUT2D eigenvalue weighted by Gasteiger charge is -2.28. The van der Waals surface area contributed by atoms with Gasteiger partial charge in [-0.3, -0.25) is 14.4 Å². The number of benzene rings is 3. The highest BCUT2D eigenvalue weighted by atomic mass is 35.5. The van der Waals surface area contributed by atoms with E-state index in [4.69, 9.17) is 21.1 Å². The number of carbonyl (C=O) groups is 3. The van der Waals surface area contributed by atoms with Gasteiger partial charge in [-0.05, 0) is 60.2 Å². The van der Waals surface area contributed by atoms with Gasteiger partial charge in [0.2, 0.25) is 5.91 Å². The van der Waals surface area contributed by atoms with Crippen molar-refractivity contribution in [2.75, 3.05) is 19.1 Å². The SMILES string of the molecule is COc1ccc(C(=O)N(Cc2ccccc2Cl)C2CC(=O)N(c3ccc(OC)cc3)C2=O)cc1. The predicted molar refractivity (Wildman–Crippen MR) is 128 cm³/mol. The molecule has 3 amide bonds. The minimum Gasteiger partial charge on any atom is -0.497 e. The molecule has 1 saturated heterocycles. The number of nitrogens with zero attached hydrogens (tertiary/aromatic N) is 2. The summed E-state index contributed by atoms with van der Waals surface area (Å²) < 4.78 is 10.3. The van der Waals surface area contributed by atoms with Gasteiger partial charge in [0, 0.05) is 17.1 Å². The number of carbonyl (C=O) groups excluding carboxylic acids is 3. The van der Waals surface area contributed by atoms with Crippen LogP contribution in [-0.2, 0) is 16.1 Å². The van der Waals surface area contributed by atoms with Gasteiger partial charge in [-0.25, -0.2) is 4.90 Å². The second-order valence-corrected chi connectivity index (χ2v) is 8.15. The lowest BCUT2D eigenvalue weighted by molar-refractivity contribution is -0.122. The van der Waals surface area contributed by atoms with Crippen LogP contribution in [0.25, 0.3) is 0 Å². The molecule has 0 radical (unpaired) electrons. The van der Waals surface area contributed by atoms with E-state index in [1.54, 1.807) is 66.7 Å². The van der Waals surface area contributed by atoms with Gasteiger partial charge in [0.25, 0.3) is 11.8 Å². The Kier molecular flexibility index (Phi) is 6.84. The van der Waals surface area contributed by atoms with E-state index in [-0.39, 0.29) is 24.8 Å². The Labute approximate surface area is 202 Å². The highest BCUT2D eigenvalue weighted by Crippen LogP contribution is 2.30. The highest BCUT2D eigenvalue weighted by molar-refractivity contribution is 6.31. The van der Waals surface area contributed by atoms with Gasteiger partial charge in [0.05, 0.1) is 26.3 Å². The number of halogens is 1. The summed E-state index contributed by atoms with van der Waals surface area (Å²) in [7, 11) is 3.08. The quantitative estimate of drug-likeness (QED) is 0.472. The van der Waals surface area contributed by atoms with Crippen LogP contribution in [0.1, 0.15) is 22.3 Å². The Morgan fingerprint density at radius 3 is 2.12 bits per heavy atom. The number of hydrogen-bond donors (Lipinski definition) is 0. The van der Waals surface area contributed by atoms with Crippen molar-refractivity contribution in [1.82, 2.24) is 4.90 Å². The standard InChI is InChI=1S/C26H23ClN2O5/c1-33-20-11-7-17(8-12-20)25(31)28(16-18-5-3-4-6-22(18)27)23-15-24(30)29(26(23)32)19-9-13-21(34-2)14-10-19/h3-14,23H,15-16H2,1-2H3. The summed E-state index contributed by atoms with van der Waals surface area (Å²) >= 11 is 6.35. The molecule has 1 aliphatic heterocycles. The molecule has 1 heterocycles. The first-order valence-corrected chi connectivity index (χ1v) is 11.0. The maximum absolute atomic E-state index is 13.6. The molecule has 0 saturated carbocycles. The zero-order valence-corrected chi connectivity index (χ0v) is 19.5. The monoisotopic (exact) mass is 478 g/mol. The third kappa shape index (κ3) is 4.61. The minimum atomic E-state index is -0.972. The van der Waals surface area contributed by atoms with E-state index in [9.17, 15) is 14.4 Å². The molecule has 34 heavy (non-hydrogen) atoms. The topological polar surface area (TPSA) is 76.2 Å². The van der Waals surface area contributed by atoms with E-state index in [1.807, 2.05) is 6.07 Å². The minimum absolute atomic E-state index is 0.0741. The van der Waals surface area contributed by atoms with Gasteiger partial charge in [0.1, 0.15) is 17.5 Å². The van der Waals surface area contributed by atoms with Crippen LogP contribution in [0, 0.1) is 0 Å². The molecule has 1 atom stereocenters. The zero-order chi connectivity index (χ0) is 24.2. The van der Waals surface area contributed by atoms with E-state index in [1.165, 1.54) is 19.1 Å². The van der Waals surface area contributed by atoms with Crippen molar-refractivity contribution in [2.24, 2.45) is 0 Å². The van der Waals surface area contributed by atoms with Crippen molar-refractivity contribution in [3.05, 3.63) is 88.9 Å². The molecule has 174 valence electrons. The van der Waals surface area contributed by atoms with E-state index < -0.39 is 11.9 Å². The molecule has 4 rings (SSSR count). The largest absolute Gasteiger partial charge is 0.497 e. The fourth-order valence-corrected chi connectivity index (χ4v) is 4.09. The Balaban J connectivity index is 1.68. The van der Waals surface area contributed by atoms with Gasteiger partial charge >= 0.3 is 0 Å². The first kappa shape index (κ1) is 23.3. The van der Waals surface area contributed by atoms with Crippen LogP contribution in [0.5, 0.6) is 11.5 Å². The summed E-state index contributed by atoms with van der Waals surface area (Å²) in [4.78, 5) is 42.5. The summed E-state index contributed by atoms with van der Waals surface area (Å²) in [5.41, 5.74) is 1.47. The second-order valence-electron chi connectivity index (χ2n) is 7.74. The number of amides is 3. The van der Waals surface area contributed by atoms with Crippen LogP contribution in [0.15, 0.2) is 72.8 Å². The van der Waals surface area contributed by atoms with Crippen LogP contribution in [-0.4, -0.2) is 42.9 Å². The number of rotatable bonds is 7. The van der Waals surface area contributed by atoms with E-state index in [0.29, 0.717) is 33.3 Å². The lowest BCUT2D eigenvalue weighted by Crippen LogP contribution is -2.45. The molecule has 0 aromatic heterocycles. The normalized spacial score (nSPS) is 15.4. The highest BCUT2D eigenvalue weighted by Gasteiger charge is 2.44. The van der Waals surface area contributed by atoms with Gasteiger partial charge in [-0.15, -0.1) is 0 Å². The lowest BCUT2D eigenvalue weighted by atomic mass is 10.1. The Hall–Kier alpha value is -3.84. The summed E-state index contributed by atoms with van der Waals surface area (Å²) in [5.74, 6) is -0.0253. The first-order chi connectivity index (χ1) is 16.4. The van der Waals surface area contributed by atoms with Crippen molar-refractivity contribution in [1.29, 1.82) is 0 Å². The van der Waals surface area contributed by atoms with Crippen molar-refractivity contribution in [3.63, 3.8) is 0 Å². The van der Waals surface area contributed by atoms with Crippen LogP contribution in [0.2, 0.25) is 5.02 Å². The molecule has 7 nitrogen and oxygen atoms in total. The number of ether oxygens (including phenoxy) is 2. The number of hydrogen-bond acceptors (Lipinski definition) is 5. The molecular formula is C26H23ClN2O5. The maximum Gasteiger partial charge on any atom is 0.257 e. The van der Waals surface area contributed by atoms with Crippen LogP contribution in [0.3, 0.4) is 0 Å². The molecule has 0 aliphatic carbocycles. The predicted octanol–water partition coefficient (Wildman–Crippen LogP) is 4.33. The summed E-state index contributed by atoms with van der Waals surface area (Å²) in [6.07, 6.45) is -0.128. The number of imide groups is 1. The Morgan fingerprint density at radius 2 is 1.53 bits per heavy atom. The number of anilines is 1. The second kappa shape index (κ2) is 9.97. The smallest absolute Gasteiger partial charge is 0.257 e. The number of methoxy groups -OCH3 is 2. The third-order valence-corrected chi connectivity index (χ3v) is 6.09. The molecule has 1 fully saturated rings. The molecule has 0 N–H and O–H groups in total. The molecule has 0 spiro atoms. The first-order valence-electron chi connectivity index (χ1n) is 10.6.